The molecule has 2 heteroatoms. The van der Waals surface area contributed by atoms with Gasteiger partial charge in [-0.25, -0.2) is 0 Å². The van der Waals surface area contributed by atoms with Gasteiger partial charge < -0.3 is 9.84 Å². The van der Waals surface area contributed by atoms with Gasteiger partial charge in [0.2, 0.25) is 0 Å². The lowest BCUT2D eigenvalue weighted by Crippen LogP contribution is -2.28. The van der Waals surface area contributed by atoms with Crippen molar-refractivity contribution in [3.63, 3.8) is 0 Å². The van der Waals surface area contributed by atoms with Gasteiger partial charge in [-0.1, -0.05) is 32.3 Å². The monoisotopic (exact) mass is 260 g/mol. The molecule has 1 N–H and O–H groups in total. The van der Waals surface area contributed by atoms with Crippen LogP contribution in [0.5, 0.6) is 5.75 Å². The van der Waals surface area contributed by atoms with E-state index in [1.807, 2.05) is 12.1 Å². The summed E-state index contributed by atoms with van der Waals surface area (Å²) in [5, 5.41) is 10.8. The molecular weight excluding hydrogens is 236 g/mol. The summed E-state index contributed by atoms with van der Waals surface area (Å²) in [4.78, 5) is 0. The Morgan fingerprint density at radius 2 is 2.00 bits per heavy atom. The molecule has 1 aromatic carbocycles. The molecule has 2 atom stereocenters. The molecule has 2 aliphatic rings. The number of benzene rings is 1. The van der Waals surface area contributed by atoms with Crippen molar-refractivity contribution in [3.8, 4) is 5.75 Å². The molecule has 2 unspecified atom stereocenters. The lowest BCUT2D eigenvalue weighted by molar-refractivity contribution is 0.00815. The van der Waals surface area contributed by atoms with E-state index in [1.165, 1.54) is 24.8 Å². The highest BCUT2D eigenvalue weighted by atomic mass is 16.5. The van der Waals surface area contributed by atoms with E-state index in [0.717, 1.165) is 30.6 Å². The first kappa shape index (κ1) is 13.0. The zero-order valence-corrected chi connectivity index (χ0v) is 12.0. The summed E-state index contributed by atoms with van der Waals surface area (Å²) in [6.45, 7) is 4.34. The minimum Gasteiger partial charge on any atom is -0.490 e. The van der Waals surface area contributed by atoms with Gasteiger partial charge >= 0.3 is 0 Å². The van der Waals surface area contributed by atoms with Crippen LogP contribution in [-0.2, 0) is 6.42 Å². The Morgan fingerprint density at radius 3 is 2.74 bits per heavy atom. The zero-order valence-electron chi connectivity index (χ0n) is 12.0. The molecule has 1 heterocycles. The van der Waals surface area contributed by atoms with Gasteiger partial charge in [-0.15, -0.1) is 0 Å². The summed E-state index contributed by atoms with van der Waals surface area (Å²) >= 11 is 0. The first-order chi connectivity index (χ1) is 9.08. The van der Waals surface area contributed by atoms with Crippen molar-refractivity contribution in [2.24, 2.45) is 5.41 Å². The van der Waals surface area contributed by atoms with Gasteiger partial charge in [0.15, 0.2) is 0 Å². The van der Waals surface area contributed by atoms with Crippen LogP contribution in [-0.4, -0.2) is 11.2 Å². The van der Waals surface area contributed by atoms with Gasteiger partial charge in [0, 0.05) is 6.42 Å². The SMILES string of the molecule is CC1Cc2cc(C(O)C3(C)CCCCC3)ccc2O1. The molecule has 0 aromatic heterocycles. The van der Waals surface area contributed by atoms with Crippen LogP contribution < -0.4 is 4.74 Å². The molecule has 0 bridgehead atoms. The second kappa shape index (κ2) is 4.82. The summed E-state index contributed by atoms with van der Waals surface area (Å²) in [5.41, 5.74) is 2.38. The molecule has 1 aliphatic heterocycles. The van der Waals surface area contributed by atoms with E-state index < -0.39 is 0 Å². The highest BCUT2D eigenvalue weighted by molar-refractivity contribution is 5.41. The van der Waals surface area contributed by atoms with Crippen molar-refractivity contribution < 1.29 is 9.84 Å². The Hall–Kier alpha value is -1.02. The molecule has 0 amide bonds. The molecule has 0 radical (unpaired) electrons. The van der Waals surface area contributed by atoms with Crippen LogP contribution in [0.15, 0.2) is 18.2 Å². The highest BCUT2D eigenvalue weighted by Gasteiger charge is 2.35. The van der Waals surface area contributed by atoms with E-state index in [-0.39, 0.29) is 17.6 Å². The van der Waals surface area contributed by atoms with Gasteiger partial charge in [-0.05, 0) is 48.4 Å². The third-order valence-corrected chi connectivity index (χ3v) is 4.89. The van der Waals surface area contributed by atoms with Crippen molar-refractivity contribution in [3.05, 3.63) is 29.3 Å². The van der Waals surface area contributed by atoms with Crippen LogP contribution in [0, 0.1) is 5.41 Å². The molecule has 0 saturated heterocycles. The first-order valence-corrected chi connectivity index (χ1v) is 7.56. The van der Waals surface area contributed by atoms with Crippen molar-refractivity contribution >= 4 is 0 Å². The highest BCUT2D eigenvalue weighted by Crippen LogP contribution is 2.46. The predicted molar refractivity (Wildman–Crippen MR) is 76.4 cm³/mol. The van der Waals surface area contributed by atoms with Gasteiger partial charge in [0.1, 0.15) is 11.9 Å². The summed E-state index contributed by atoms with van der Waals surface area (Å²) in [5.74, 6) is 0.997. The van der Waals surface area contributed by atoms with Crippen molar-refractivity contribution in [2.75, 3.05) is 0 Å². The van der Waals surface area contributed by atoms with Crippen molar-refractivity contribution in [1.29, 1.82) is 0 Å². The fourth-order valence-corrected chi connectivity index (χ4v) is 3.65. The molecule has 3 rings (SSSR count). The average Bonchev–Trinajstić information content (AvgIpc) is 2.77. The number of fused-ring (bicyclic) bond motifs is 1. The topological polar surface area (TPSA) is 29.5 Å². The molecule has 1 fully saturated rings. The zero-order chi connectivity index (χ0) is 13.5. The van der Waals surface area contributed by atoms with E-state index in [4.69, 9.17) is 4.74 Å². The van der Waals surface area contributed by atoms with Crippen LogP contribution in [0.25, 0.3) is 0 Å². The lowest BCUT2D eigenvalue weighted by Gasteiger charge is -2.38. The van der Waals surface area contributed by atoms with Crippen LogP contribution in [0.4, 0.5) is 0 Å². The molecule has 1 saturated carbocycles. The third kappa shape index (κ3) is 2.38. The summed E-state index contributed by atoms with van der Waals surface area (Å²) in [6, 6.07) is 6.23. The first-order valence-electron chi connectivity index (χ1n) is 7.56. The molecule has 104 valence electrons. The molecule has 19 heavy (non-hydrogen) atoms. The largest absolute Gasteiger partial charge is 0.490 e. The van der Waals surface area contributed by atoms with Crippen molar-refractivity contribution in [2.45, 2.75) is 64.6 Å². The fourth-order valence-electron chi connectivity index (χ4n) is 3.65. The minimum absolute atomic E-state index is 0.0531. The summed E-state index contributed by atoms with van der Waals surface area (Å²) in [7, 11) is 0. The molecule has 2 nitrogen and oxygen atoms in total. The van der Waals surface area contributed by atoms with Crippen LogP contribution in [0.3, 0.4) is 0 Å². The lowest BCUT2D eigenvalue weighted by atomic mass is 9.70. The Kier molecular flexibility index (Phi) is 3.30. The Labute approximate surface area is 115 Å². The maximum atomic E-state index is 10.8. The second-order valence-electron chi connectivity index (χ2n) is 6.62. The number of aliphatic hydroxyl groups excluding tert-OH is 1. The van der Waals surface area contributed by atoms with E-state index in [9.17, 15) is 5.11 Å². The number of hydrogen-bond donors (Lipinski definition) is 1. The van der Waals surface area contributed by atoms with Crippen LogP contribution in [0.1, 0.15) is 63.2 Å². The number of ether oxygens (including phenoxy) is 1. The number of aliphatic hydroxyl groups is 1. The summed E-state index contributed by atoms with van der Waals surface area (Å²) in [6.07, 6.45) is 6.99. The second-order valence-corrected chi connectivity index (χ2v) is 6.62. The van der Waals surface area contributed by atoms with Crippen molar-refractivity contribution in [1.82, 2.24) is 0 Å². The smallest absolute Gasteiger partial charge is 0.123 e. The minimum atomic E-state index is -0.339. The van der Waals surface area contributed by atoms with Gasteiger partial charge in [0.05, 0.1) is 6.10 Å². The molecule has 0 spiro atoms. The number of rotatable bonds is 2. The quantitative estimate of drug-likeness (QED) is 0.870. The van der Waals surface area contributed by atoms with Crippen LogP contribution in [0.2, 0.25) is 0 Å². The van der Waals surface area contributed by atoms with Gasteiger partial charge in [0.25, 0.3) is 0 Å². The maximum absolute atomic E-state index is 10.8. The average molecular weight is 260 g/mol. The molecule has 1 aliphatic carbocycles. The third-order valence-electron chi connectivity index (χ3n) is 4.89. The molecule has 1 aromatic rings. The van der Waals surface area contributed by atoms with E-state index in [2.05, 4.69) is 19.9 Å². The van der Waals surface area contributed by atoms with E-state index in [1.54, 1.807) is 0 Å². The van der Waals surface area contributed by atoms with E-state index >= 15 is 0 Å². The van der Waals surface area contributed by atoms with Crippen LogP contribution >= 0.6 is 0 Å². The van der Waals surface area contributed by atoms with Gasteiger partial charge in [-0.3, -0.25) is 0 Å². The standard InChI is InChI=1S/C17H24O2/c1-12-10-14-11-13(6-7-15(14)19-12)16(18)17(2)8-4-3-5-9-17/h6-7,11-12,16,18H,3-5,8-10H2,1-2H3. The molecular formula is C17H24O2. The Bertz CT molecular complexity index is 460. The predicted octanol–water partition coefficient (Wildman–Crippen LogP) is 4.01. The fraction of sp³-hybridized carbons (Fsp3) is 0.647. The summed E-state index contributed by atoms with van der Waals surface area (Å²) < 4.78 is 5.73. The Morgan fingerprint density at radius 1 is 1.26 bits per heavy atom. The Balaban J connectivity index is 1.84. The maximum Gasteiger partial charge on any atom is 0.123 e. The van der Waals surface area contributed by atoms with Gasteiger partial charge in [-0.2, -0.15) is 0 Å². The number of hydrogen-bond acceptors (Lipinski definition) is 2. The van der Waals surface area contributed by atoms with E-state index in [0.29, 0.717) is 0 Å². The normalized spacial score (nSPS) is 26.6.